The van der Waals surface area contributed by atoms with Crippen molar-refractivity contribution in [1.29, 1.82) is 0 Å². The second-order valence-electron chi connectivity index (χ2n) is 6.12. The molecule has 7 heteroatoms. The molecule has 0 aromatic heterocycles. The average molecular weight is 346 g/mol. The summed E-state index contributed by atoms with van der Waals surface area (Å²) in [4.78, 5) is 40.1. The van der Waals surface area contributed by atoms with Gasteiger partial charge in [-0.15, -0.1) is 0 Å². The van der Waals surface area contributed by atoms with Crippen molar-refractivity contribution in [3.8, 4) is 5.75 Å². The molecule has 7 nitrogen and oxygen atoms in total. The molecule has 3 rings (SSSR count). The highest BCUT2D eigenvalue weighted by molar-refractivity contribution is 6.04. The van der Waals surface area contributed by atoms with Crippen LogP contribution in [0.5, 0.6) is 5.75 Å². The van der Waals surface area contributed by atoms with Crippen molar-refractivity contribution >= 4 is 23.3 Å². The first-order chi connectivity index (χ1) is 12.1. The van der Waals surface area contributed by atoms with Crippen LogP contribution in [-0.2, 0) is 14.3 Å². The van der Waals surface area contributed by atoms with Crippen LogP contribution in [0.3, 0.4) is 0 Å². The van der Waals surface area contributed by atoms with E-state index in [1.54, 1.807) is 23.1 Å². The van der Waals surface area contributed by atoms with Gasteiger partial charge in [-0.3, -0.25) is 19.3 Å². The molecule has 0 saturated carbocycles. The molecule has 2 aliphatic rings. The number of benzene rings is 1. The number of hydrogen-bond donors (Lipinski definition) is 0. The Morgan fingerprint density at radius 1 is 1.20 bits per heavy atom. The number of rotatable bonds is 5. The number of ether oxygens (including phenoxy) is 2. The number of amides is 2. The van der Waals surface area contributed by atoms with Crippen molar-refractivity contribution in [3.05, 3.63) is 23.8 Å². The van der Waals surface area contributed by atoms with Crippen molar-refractivity contribution < 1.29 is 23.9 Å². The molecule has 0 N–H and O–H groups in total. The third-order valence-electron chi connectivity index (χ3n) is 4.36. The van der Waals surface area contributed by atoms with Gasteiger partial charge in [0.15, 0.2) is 12.4 Å². The first-order valence-electron chi connectivity index (χ1n) is 8.56. The van der Waals surface area contributed by atoms with E-state index in [1.165, 1.54) is 4.90 Å². The maximum Gasteiger partial charge on any atom is 0.265 e. The van der Waals surface area contributed by atoms with E-state index in [0.717, 1.165) is 6.42 Å². The zero-order valence-corrected chi connectivity index (χ0v) is 14.3. The molecule has 0 bridgehead atoms. The highest BCUT2D eigenvalue weighted by atomic mass is 16.5. The van der Waals surface area contributed by atoms with Crippen molar-refractivity contribution in [2.45, 2.75) is 19.8 Å². The summed E-state index contributed by atoms with van der Waals surface area (Å²) in [5.41, 5.74) is 1.02. The van der Waals surface area contributed by atoms with E-state index in [-0.39, 0.29) is 30.7 Å². The van der Waals surface area contributed by atoms with Crippen LogP contribution in [0.15, 0.2) is 18.2 Å². The lowest BCUT2D eigenvalue weighted by molar-refractivity contribution is -0.135. The van der Waals surface area contributed by atoms with Gasteiger partial charge in [0.1, 0.15) is 12.3 Å². The van der Waals surface area contributed by atoms with E-state index in [2.05, 4.69) is 0 Å². The van der Waals surface area contributed by atoms with Gasteiger partial charge in [-0.1, -0.05) is 6.92 Å². The van der Waals surface area contributed by atoms with Crippen LogP contribution in [0.4, 0.5) is 5.69 Å². The molecule has 1 saturated heterocycles. The van der Waals surface area contributed by atoms with Gasteiger partial charge in [-0.2, -0.15) is 0 Å². The van der Waals surface area contributed by atoms with E-state index in [4.69, 9.17) is 9.47 Å². The third kappa shape index (κ3) is 3.82. The molecule has 2 amide bonds. The van der Waals surface area contributed by atoms with Crippen LogP contribution < -0.4 is 9.64 Å². The Morgan fingerprint density at radius 2 is 1.96 bits per heavy atom. The lowest BCUT2D eigenvalue weighted by Crippen LogP contribution is -2.49. The maximum absolute atomic E-state index is 12.5. The van der Waals surface area contributed by atoms with E-state index >= 15 is 0 Å². The number of hydrogen-bond acceptors (Lipinski definition) is 5. The summed E-state index contributed by atoms with van der Waals surface area (Å²) >= 11 is 0. The zero-order chi connectivity index (χ0) is 17.8. The molecule has 0 radical (unpaired) electrons. The number of fused-ring (bicyclic) bond motifs is 1. The fourth-order valence-electron chi connectivity index (χ4n) is 2.97. The first-order valence-corrected chi connectivity index (χ1v) is 8.56. The SMILES string of the molecule is CCCC(=O)c1ccc2c(c1)N(CC(=O)N1CCOCC1)C(=O)CO2. The van der Waals surface area contributed by atoms with Crippen molar-refractivity contribution in [2.24, 2.45) is 0 Å². The van der Waals surface area contributed by atoms with Crippen LogP contribution in [0, 0.1) is 0 Å². The molecule has 0 atom stereocenters. The van der Waals surface area contributed by atoms with Gasteiger partial charge in [0.25, 0.3) is 5.91 Å². The average Bonchev–Trinajstić information content (AvgIpc) is 2.64. The van der Waals surface area contributed by atoms with Gasteiger partial charge in [-0.05, 0) is 24.6 Å². The monoisotopic (exact) mass is 346 g/mol. The number of ketones is 1. The fourth-order valence-corrected chi connectivity index (χ4v) is 2.97. The summed E-state index contributed by atoms with van der Waals surface area (Å²) in [6, 6.07) is 5.04. The minimum Gasteiger partial charge on any atom is -0.482 e. The summed E-state index contributed by atoms with van der Waals surface area (Å²) in [7, 11) is 0. The zero-order valence-electron chi connectivity index (χ0n) is 14.3. The Kier molecular flexibility index (Phi) is 5.33. The van der Waals surface area contributed by atoms with E-state index in [0.29, 0.717) is 49.7 Å². The normalized spacial score (nSPS) is 17.1. The molecule has 1 aromatic rings. The Labute approximate surface area is 146 Å². The Bertz CT molecular complexity index is 682. The highest BCUT2D eigenvalue weighted by Crippen LogP contribution is 2.33. The van der Waals surface area contributed by atoms with Crippen molar-refractivity contribution in [1.82, 2.24) is 4.90 Å². The topological polar surface area (TPSA) is 76.2 Å². The quantitative estimate of drug-likeness (QED) is 0.750. The lowest BCUT2D eigenvalue weighted by atomic mass is 10.0. The van der Waals surface area contributed by atoms with Crippen LogP contribution in [0.2, 0.25) is 0 Å². The van der Waals surface area contributed by atoms with E-state index < -0.39 is 0 Å². The second kappa shape index (κ2) is 7.65. The Morgan fingerprint density at radius 3 is 2.68 bits per heavy atom. The van der Waals surface area contributed by atoms with Gasteiger partial charge in [0.05, 0.1) is 18.9 Å². The highest BCUT2D eigenvalue weighted by Gasteiger charge is 2.30. The molecule has 0 aliphatic carbocycles. The van der Waals surface area contributed by atoms with Crippen molar-refractivity contribution in [3.63, 3.8) is 0 Å². The van der Waals surface area contributed by atoms with Gasteiger partial charge in [0, 0.05) is 25.1 Å². The minimum absolute atomic E-state index is 0.0165. The van der Waals surface area contributed by atoms with Gasteiger partial charge in [0.2, 0.25) is 5.91 Å². The van der Waals surface area contributed by atoms with Gasteiger partial charge in [-0.25, -0.2) is 0 Å². The standard InChI is InChI=1S/C18H22N2O5/c1-2-3-15(21)13-4-5-16-14(10-13)20(18(23)12-25-16)11-17(22)19-6-8-24-9-7-19/h4-5,10H,2-3,6-9,11-12H2,1H3. The number of nitrogens with zero attached hydrogens (tertiary/aromatic N) is 2. The number of Topliss-reactive ketones (excluding diaryl/α,β-unsaturated/α-hetero) is 1. The fraction of sp³-hybridized carbons (Fsp3) is 0.500. The van der Waals surface area contributed by atoms with E-state index in [9.17, 15) is 14.4 Å². The number of anilines is 1. The van der Waals surface area contributed by atoms with Crippen LogP contribution in [0.25, 0.3) is 0 Å². The van der Waals surface area contributed by atoms with Crippen LogP contribution in [0.1, 0.15) is 30.1 Å². The summed E-state index contributed by atoms with van der Waals surface area (Å²) in [5.74, 6) is 0.120. The molecule has 1 aromatic carbocycles. The third-order valence-corrected chi connectivity index (χ3v) is 4.36. The predicted octanol–water partition coefficient (Wildman–Crippen LogP) is 1.25. The molecule has 2 heterocycles. The molecular weight excluding hydrogens is 324 g/mol. The van der Waals surface area contributed by atoms with Crippen molar-refractivity contribution in [2.75, 3.05) is 44.4 Å². The summed E-state index contributed by atoms with van der Waals surface area (Å²) < 4.78 is 10.7. The van der Waals surface area contributed by atoms with Crippen LogP contribution >= 0.6 is 0 Å². The van der Waals surface area contributed by atoms with Crippen LogP contribution in [-0.4, -0.2) is 62.0 Å². The molecule has 2 aliphatic heterocycles. The van der Waals surface area contributed by atoms with E-state index in [1.807, 2.05) is 6.92 Å². The first kappa shape index (κ1) is 17.4. The molecule has 0 spiro atoms. The molecule has 134 valence electrons. The molecular formula is C18H22N2O5. The smallest absolute Gasteiger partial charge is 0.265 e. The second-order valence-corrected chi connectivity index (χ2v) is 6.12. The van der Waals surface area contributed by atoms with Gasteiger partial charge >= 0.3 is 0 Å². The lowest BCUT2D eigenvalue weighted by Gasteiger charge is -2.32. The summed E-state index contributed by atoms with van der Waals surface area (Å²) in [6.45, 7) is 3.85. The summed E-state index contributed by atoms with van der Waals surface area (Å²) in [5, 5.41) is 0. The maximum atomic E-state index is 12.5. The molecule has 1 fully saturated rings. The predicted molar refractivity (Wildman–Crippen MR) is 90.9 cm³/mol. The molecule has 0 unspecified atom stereocenters. The molecule has 25 heavy (non-hydrogen) atoms. The largest absolute Gasteiger partial charge is 0.482 e. The number of carbonyl (C=O) groups is 3. The summed E-state index contributed by atoms with van der Waals surface area (Å²) in [6.07, 6.45) is 1.20. The van der Waals surface area contributed by atoms with Gasteiger partial charge < -0.3 is 14.4 Å². The minimum atomic E-state index is -0.283. The number of carbonyl (C=O) groups excluding carboxylic acids is 3. The Hall–Kier alpha value is -2.41. The Balaban J connectivity index is 1.82. The number of morpholine rings is 1.